The average Bonchev–Trinajstić information content (AvgIpc) is 2.99. The van der Waals surface area contributed by atoms with E-state index in [0.29, 0.717) is 16.3 Å². The lowest BCUT2D eigenvalue weighted by Crippen LogP contribution is -2.12. The van der Waals surface area contributed by atoms with Gasteiger partial charge in [0.05, 0.1) is 6.42 Å². The molecule has 0 atom stereocenters. The van der Waals surface area contributed by atoms with Crippen LogP contribution in [0.25, 0.3) is 6.08 Å². The number of hydrogen-bond donors (Lipinski definition) is 1. The molecule has 2 aromatic carbocycles. The number of Topliss-reactive ketones (excluding diaryl/α,β-unsaturated/α-hetero) is 1. The Morgan fingerprint density at radius 3 is 2.81 bits per heavy atom. The molecule has 132 valence electrons. The Kier molecular flexibility index (Phi) is 5.19. The minimum atomic E-state index is -0.618. The van der Waals surface area contributed by atoms with Crippen LogP contribution < -0.4 is 5.32 Å². The first-order chi connectivity index (χ1) is 12.4. The van der Waals surface area contributed by atoms with Gasteiger partial charge < -0.3 is 10.1 Å². The quantitative estimate of drug-likeness (QED) is 0.496. The number of rotatable bonds is 5. The molecule has 1 aliphatic heterocycles. The van der Waals surface area contributed by atoms with E-state index < -0.39 is 5.97 Å². The van der Waals surface area contributed by atoms with Crippen LogP contribution in [-0.4, -0.2) is 24.3 Å². The first-order valence-corrected chi connectivity index (χ1v) is 8.37. The topological polar surface area (TPSA) is 72.5 Å². The predicted molar refractivity (Wildman–Crippen MR) is 99.3 cm³/mol. The molecule has 6 heteroatoms. The fourth-order valence-corrected chi connectivity index (χ4v) is 2.74. The molecule has 1 aliphatic rings. The highest BCUT2D eigenvalue weighted by Gasteiger charge is 2.19. The third-order valence-electron chi connectivity index (χ3n) is 4.01. The summed E-state index contributed by atoms with van der Waals surface area (Å²) in [5, 5.41) is 3.31. The van der Waals surface area contributed by atoms with Gasteiger partial charge in [0.15, 0.2) is 12.4 Å². The molecule has 26 heavy (non-hydrogen) atoms. The number of amides is 1. The number of nitrogens with one attached hydrogen (secondary N) is 1. The lowest BCUT2D eigenvalue weighted by atomic mass is 10.1. The maximum atomic E-state index is 12.2. The predicted octanol–water partition coefficient (Wildman–Crippen LogP) is 3.58. The zero-order valence-corrected chi connectivity index (χ0v) is 14.8. The SMILES string of the molecule is Cc1ccc(/C=C/C(=O)OCC(=O)c2ccc3c(c2)CC(=O)N3)cc1Cl. The number of carbonyl (C=O) groups excluding carboxylic acids is 3. The number of benzene rings is 2. The summed E-state index contributed by atoms with van der Waals surface area (Å²) in [6.07, 6.45) is 3.07. The molecule has 0 radical (unpaired) electrons. The first-order valence-electron chi connectivity index (χ1n) is 7.99. The Hall–Kier alpha value is -2.92. The molecule has 0 spiro atoms. The molecule has 0 unspecified atom stereocenters. The van der Waals surface area contributed by atoms with Gasteiger partial charge in [-0.1, -0.05) is 23.7 Å². The van der Waals surface area contributed by atoms with Crippen LogP contribution in [-0.2, 0) is 20.7 Å². The summed E-state index contributed by atoms with van der Waals surface area (Å²) in [6, 6.07) is 10.3. The van der Waals surface area contributed by atoms with Gasteiger partial charge in [0, 0.05) is 22.3 Å². The second kappa shape index (κ2) is 7.54. The number of anilines is 1. The van der Waals surface area contributed by atoms with E-state index in [9.17, 15) is 14.4 Å². The van der Waals surface area contributed by atoms with Crippen molar-refractivity contribution in [3.05, 3.63) is 69.8 Å². The van der Waals surface area contributed by atoms with E-state index in [4.69, 9.17) is 16.3 Å². The molecular weight excluding hydrogens is 354 g/mol. The second-order valence-electron chi connectivity index (χ2n) is 5.97. The number of hydrogen-bond acceptors (Lipinski definition) is 4. The van der Waals surface area contributed by atoms with E-state index in [1.807, 2.05) is 19.1 Å². The van der Waals surface area contributed by atoms with Crippen molar-refractivity contribution in [1.82, 2.24) is 0 Å². The highest BCUT2D eigenvalue weighted by atomic mass is 35.5. The summed E-state index contributed by atoms with van der Waals surface area (Å²) in [4.78, 5) is 35.3. The van der Waals surface area contributed by atoms with Gasteiger partial charge in [-0.05, 0) is 54.0 Å². The number of aryl methyl sites for hydroxylation is 1. The highest BCUT2D eigenvalue weighted by Crippen LogP contribution is 2.24. The molecule has 3 rings (SSSR count). The van der Waals surface area contributed by atoms with Crippen LogP contribution >= 0.6 is 11.6 Å². The van der Waals surface area contributed by atoms with Gasteiger partial charge in [-0.3, -0.25) is 9.59 Å². The van der Waals surface area contributed by atoms with Crippen molar-refractivity contribution in [2.24, 2.45) is 0 Å². The van der Waals surface area contributed by atoms with E-state index in [0.717, 1.165) is 16.7 Å². The summed E-state index contributed by atoms with van der Waals surface area (Å²) in [7, 11) is 0. The number of esters is 1. The van der Waals surface area contributed by atoms with E-state index >= 15 is 0 Å². The molecule has 1 amide bonds. The van der Waals surface area contributed by atoms with E-state index in [1.54, 1.807) is 30.3 Å². The standard InChI is InChI=1S/C20H16ClNO4/c1-12-2-3-13(8-16(12)21)4-7-20(25)26-11-18(23)14-5-6-17-15(9-14)10-19(24)22-17/h2-9H,10-11H2,1H3,(H,22,24)/b7-4+. The Bertz CT molecular complexity index is 933. The van der Waals surface area contributed by atoms with Gasteiger partial charge in [-0.25, -0.2) is 4.79 Å². The fourth-order valence-electron chi connectivity index (χ4n) is 2.55. The maximum absolute atomic E-state index is 12.2. The zero-order valence-electron chi connectivity index (χ0n) is 14.0. The zero-order chi connectivity index (χ0) is 18.7. The molecule has 1 heterocycles. The van der Waals surface area contributed by atoms with Gasteiger partial charge in [0.2, 0.25) is 5.91 Å². The maximum Gasteiger partial charge on any atom is 0.331 e. The van der Waals surface area contributed by atoms with Crippen LogP contribution in [0.5, 0.6) is 0 Å². The Morgan fingerprint density at radius 2 is 2.04 bits per heavy atom. The normalized spacial score (nSPS) is 12.8. The van der Waals surface area contributed by atoms with Crippen molar-refractivity contribution in [3.8, 4) is 0 Å². The summed E-state index contributed by atoms with van der Waals surface area (Å²) in [6.45, 7) is 1.53. The monoisotopic (exact) mass is 369 g/mol. The molecule has 1 N–H and O–H groups in total. The van der Waals surface area contributed by atoms with E-state index in [1.165, 1.54) is 6.08 Å². The molecule has 0 aliphatic carbocycles. The van der Waals surface area contributed by atoms with Crippen LogP contribution in [0.2, 0.25) is 5.02 Å². The van der Waals surface area contributed by atoms with Gasteiger partial charge in [-0.2, -0.15) is 0 Å². The largest absolute Gasteiger partial charge is 0.454 e. The number of halogens is 1. The lowest BCUT2D eigenvalue weighted by molar-refractivity contribution is -0.136. The molecule has 0 saturated carbocycles. The highest BCUT2D eigenvalue weighted by molar-refractivity contribution is 6.31. The van der Waals surface area contributed by atoms with E-state index in [-0.39, 0.29) is 24.7 Å². The van der Waals surface area contributed by atoms with Crippen LogP contribution in [0, 0.1) is 6.92 Å². The van der Waals surface area contributed by atoms with Gasteiger partial charge >= 0.3 is 5.97 Å². The van der Waals surface area contributed by atoms with Crippen LogP contribution in [0.15, 0.2) is 42.5 Å². The van der Waals surface area contributed by atoms with Crippen molar-refractivity contribution in [2.75, 3.05) is 11.9 Å². The molecular formula is C20H16ClNO4. The summed E-state index contributed by atoms with van der Waals surface area (Å²) in [5.41, 5.74) is 3.59. The number of ether oxygens (including phenoxy) is 1. The Labute approximate surface area is 155 Å². The number of carbonyl (C=O) groups is 3. The third-order valence-corrected chi connectivity index (χ3v) is 4.41. The molecule has 0 aromatic heterocycles. The van der Waals surface area contributed by atoms with Gasteiger partial charge in [0.1, 0.15) is 0 Å². The van der Waals surface area contributed by atoms with E-state index in [2.05, 4.69) is 5.32 Å². The van der Waals surface area contributed by atoms with Gasteiger partial charge in [0.25, 0.3) is 0 Å². The molecule has 2 aromatic rings. The Balaban J connectivity index is 1.56. The van der Waals surface area contributed by atoms with Crippen molar-refractivity contribution in [1.29, 1.82) is 0 Å². The third kappa shape index (κ3) is 4.18. The van der Waals surface area contributed by atoms with Crippen molar-refractivity contribution in [2.45, 2.75) is 13.3 Å². The van der Waals surface area contributed by atoms with Crippen molar-refractivity contribution < 1.29 is 19.1 Å². The molecule has 0 fully saturated rings. The smallest absolute Gasteiger partial charge is 0.331 e. The van der Waals surface area contributed by atoms with Crippen molar-refractivity contribution >= 4 is 41.0 Å². The first kappa shape index (κ1) is 17.9. The summed E-state index contributed by atoms with van der Waals surface area (Å²) >= 11 is 6.03. The van der Waals surface area contributed by atoms with Gasteiger partial charge in [-0.15, -0.1) is 0 Å². The van der Waals surface area contributed by atoms with Crippen LogP contribution in [0.1, 0.15) is 27.0 Å². The number of fused-ring (bicyclic) bond motifs is 1. The molecule has 0 saturated heterocycles. The van der Waals surface area contributed by atoms with Crippen LogP contribution in [0.3, 0.4) is 0 Å². The second-order valence-corrected chi connectivity index (χ2v) is 6.38. The fraction of sp³-hybridized carbons (Fsp3) is 0.150. The van der Waals surface area contributed by atoms with Crippen molar-refractivity contribution in [3.63, 3.8) is 0 Å². The van der Waals surface area contributed by atoms with Crippen LogP contribution in [0.4, 0.5) is 5.69 Å². The Morgan fingerprint density at radius 1 is 1.23 bits per heavy atom. The number of ketones is 1. The molecule has 5 nitrogen and oxygen atoms in total. The molecule has 0 bridgehead atoms. The minimum Gasteiger partial charge on any atom is -0.454 e. The minimum absolute atomic E-state index is 0.0997. The summed E-state index contributed by atoms with van der Waals surface area (Å²) < 4.78 is 4.98. The summed E-state index contributed by atoms with van der Waals surface area (Å²) in [5.74, 6) is -1.04. The lowest BCUT2D eigenvalue weighted by Gasteiger charge is -2.04. The average molecular weight is 370 g/mol.